The minimum Gasteiger partial charge on any atom is -0.324 e. The van der Waals surface area contributed by atoms with E-state index in [1.807, 2.05) is 6.07 Å². The number of nitrogens with one attached hydrogen (secondary N) is 2. The Bertz CT molecular complexity index is 913. The van der Waals surface area contributed by atoms with E-state index in [4.69, 9.17) is 34.8 Å². The Kier molecular flexibility index (Phi) is 5.38. The Hall–Kier alpha value is -2.34. The van der Waals surface area contributed by atoms with Crippen LogP contribution >= 0.6 is 34.8 Å². The van der Waals surface area contributed by atoms with Gasteiger partial charge in [-0.3, -0.25) is 4.79 Å². The smallest absolute Gasteiger partial charge is 0.274 e. The van der Waals surface area contributed by atoms with Gasteiger partial charge in [-0.2, -0.15) is 0 Å². The zero-order valence-corrected chi connectivity index (χ0v) is 14.9. The van der Waals surface area contributed by atoms with Gasteiger partial charge in [0.2, 0.25) is 5.95 Å². The highest BCUT2D eigenvalue weighted by atomic mass is 35.5. The molecule has 0 fully saturated rings. The molecule has 0 saturated carbocycles. The van der Waals surface area contributed by atoms with Gasteiger partial charge in [-0.15, -0.1) is 0 Å². The summed E-state index contributed by atoms with van der Waals surface area (Å²) in [4.78, 5) is 20.7. The first-order valence-electron chi connectivity index (χ1n) is 7.14. The topological polar surface area (TPSA) is 66.9 Å². The predicted molar refractivity (Wildman–Crippen MR) is 101 cm³/mol. The third-order valence-corrected chi connectivity index (χ3v) is 4.04. The molecule has 0 bridgehead atoms. The van der Waals surface area contributed by atoms with Gasteiger partial charge < -0.3 is 10.6 Å². The van der Waals surface area contributed by atoms with Crippen LogP contribution < -0.4 is 10.6 Å². The number of anilines is 3. The number of halogens is 3. The maximum atomic E-state index is 12.4. The second kappa shape index (κ2) is 7.70. The molecule has 8 heteroatoms. The molecule has 0 aliphatic rings. The summed E-state index contributed by atoms with van der Waals surface area (Å²) in [6, 6.07) is 13.5. The summed E-state index contributed by atoms with van der Waals surface area (Å²) in [5.41, 5.74) is 1.20. The lowest BCUT2D eigenvalue weighted by atomic mass is 10.3. The minimum absolute atomic E-state index is 0.163. The SMILES string of the molecule is O=C(Nc1c(Cl)cccc1Cl)c1ccnc(Nc2cccc(Cl)c2)n1. The summed E-state index contributed by atoms with van der Waals surface area (Å²) in [5.74, 6) is -0.188. The average Bonchev–Trinajstić information content (AvgIpc) is 2.58. The van der Waals surface area contributed by atoms with E-state index in [1.165, 1.54) is 12.3 Å². The van der Waals surface area contributed by atoms with Crippen molar-refractivity contribution >= 4 is 58.0 Å². The first kappa shape index (κ1) is 17.5. The normalized spacial score (nSPS) is 10.4. The number of carbonyl (C=O) groups excluding carboxylic acids is 1. The van der Waals surface area contributed by atoms with Gasteiger partial charge in [-0.25, -0.2) is 9.97 Å². The van der Waals surface area contributed by atoms with Crippen molar-refractivity contribution in [2.45, 2.75) is 0 Å². The fraction of sp³-hybridized carbons (Fsp3) is 0. The summed E-state index contributed by atoms with van der Waals surface area (Å²) < 4.78 is 0. The van der Waals surface area contributed by atoms with Crippen molar-refractivity contribution in [1.29, 1.82) is 0 Å². The van der Waals surface area contributed by atoms with Crippen LogP contribution in [-0.4, -0.2) is 15.9 Å². The number of aromatic nitrogens is 2. The summed E-state index contributed by atoms with van der Waals surface area (Å²) in [7, 11) is 0. The molecule has 0 unspecified atom stereocenters. The monoisotopic (exact) mass is 392 g/mol. The van der Waals surface area contributed by atoms with Crippen LogP contribution in [0.2, 0.25) is 15.1 Å². The van der Waals surface area contributed by atoms with Crippen molar-refractivity contribution in [3.8, 4) is 0 Å². The van der Waals surface area contributed by atoms with Crippen molar-refractivity contribution in [1.82, 2.24) is 9.97 Å². The maximum Gasteiger partial charge on any atom is 0.274 e. The molecule has 0 radical (unpaired) electrons. The minimum atomic E-state index is -0.452. The van der Waals surface area contributed by atoms with Crippen molar-refractivity contribution < 1.29 is 4.79 Å². The van der Waals surface area contributed by atoms with Crippen LogP contribution in [0.3, 0.4) is 0 Å². The van der Waals surface area contributed by atoms with Crippen LogP contribution in [0.4, 0.5) is 17.3 Å². The van der Waals surface area contributed by atoms with Gasteiger partial charge in [0, 0.05) is 16.9 Å². The van der Waals surface area contributed by atoms with Crippen LogP contribution in [0.15, 0.2) is 54.7 Å². The fourth-order valence-corrected chi connectivity index (χ4v) is 2.72. The number of amides is 1. The fourth-order valence-electron chi connectivity index (χ4n) is 2.04. The summed E-state index contributed by atoms with van der Waals surface area (Å²) in [5, 5.41) is 6.90. The molecule has 3 rings (SSSR count). The van der Waals surface area contributed by atoms with E-state index in [2.05, 4.69) is 20.6 Å². The van der Waals surface area contributed by atoms with Gasteiger partial charge in [0.25, 0.3) is 5.91 Å². The molecular formula is C17H11Cl3N4O. The second-order valence-electron chi connectivity index (χ2n) is 4.95. The van der Waals surface area contributed by atoms with E-state index in [1.54, 1.807) is 36.4 Å². The van der Waals surface area contributed by atoms with Gasteiger partial charge in [0.15, 0.2) is 0 Å². The average molecular weight is 394 g/mol. The van der Waals surface area contributed by atoms with Crippen LogP contribution in [0.25, 0.3) is 0 Å². The largest absolute Gasteiger partial charge is 0.324 e. The van der Waals surface area contributed by atoms with Crippen LogP contribution in [0.5, 0.6) is 0 Å². The lowest BCUT2D eigenvalue weighted by Crippen LogP contribution is -2.15. The zero-order valence-electron chi connectivity index (χ0n) is 12.6. The van der Waals surface area contributed by atoms with Gasteiger partial charge in [-0.1, -0.05) is 46.9 Å². The molecule has 2 aromatic carbocycles. The van der Waals surface area contributed by atoms with E-state index in [0.29, 0.717) is 26.4 Å². The molecule has 0 atom stereocenters. The highest BCUT2D eigenvalue weighted by molar-refractivity contribution is 6.40. The maximum absolute atomic E-state index is 12.4. The van der Waals surface area contributed by atoms with E-state index >= 15 is 0 Å². The molecule has 0 spiro atoms. The molecule has 5 nitrogen and oxygen atoms in total. The van der Waals surface area contributed by atoms with Gasteiger partial charge in [0.1, 0.15) is 5.69 Å². The Morgan fingerprint density at radius 1 is 0.960 bits per heavy atom. The molecule has 0 saturated heterocycles. The number of benzene rings is 2. The summed E-state index contributed by atoms with van der Waals surface area (Å²) in [6.45, 7) is 0. The van der Waals surface area contributed by atoms with Gasteiger partial charge in [-0.05, 0) is 36.4 Å². The predicted octanol–water partition coefficient (Wildman–Crippen LogP) is 5.43. The Labute approximate surface area is 159 Å². The summed E-state index contributed by atoms with van der Waals surface area (Å²) in [6.07, 6.45) is 1.48. The number of hydrogen-bond acceptors (Lipinski definition) is 4. The summed E-state index contributed by atoms with van der Waals surface area (Å²) >= 11 is 18.1. The van der Waals surface area contributed by atoms with E-state index in [-0.39, 0.29) is 11.6 Å². The Morgan fingerprint density at radius 3 is 2.40 bits per heavy atom. The van der Waals surface area contributed by atoms with Crippen molar-refractivity contribution in [2.75, 3.05) is 10.6 Å². The first-order chi connectivity index (χ1) is 12.0. The van der Waals surface area contributed by atoms with E-state index in [9.17, 15) is 4.79 Å². The number of hydrogen-bond donors (Lipinski definition) is 2. The van der Waals surface area contributed by atoms with Crippen molar-refractivity contribution in [2.24, 2.45) is 0 Å². The second-order valence-corrected chi connectivity index (χ2v) is 6.20. The molecule has 1 aromatic heterocycles. The molecule has 0 aliphatic heterocycles. The molecule has 25 heavy (non-hydrogen) atoms. The van der Waals surface area contributed by atoms with Crippen molar-refractivity contribution in [3.05, 3.63) is 75.5 Å². The molecule has 3 aromatic rings. The lowest BCUT2D eigenvalue weighted by molar-refractivity contribution is 0.102. The third kappa shape index (κ3) is 4.39. The first-order valence-corrected chi connectivity index (χ1v) is 8.27. The van der Waals surface area contributed by atoms with Crippen LogP contribution in [-0.2, 0) is 0 Å². The number of rotatable bonds is 4. The Morgan fingerprint density at radius 2 is 1.68 bits per heavy atom. The standard InChI is InChI=1S/C17H11Cl3N4O/c18-10-3-1-4-11(9-10)22-17-21-8-7-14(23-17)16(25)24-15-12(19)5-2-6-13(15)20/h1-9H,(H,24,25)(H,21,22,23). The highest BCUT2D eigenvalue weighted by Crippen LogP contribution is 2.30. The van der Waals surface area contributed by atoms with Gasteiger partial charge in [0.05, 0.1) is 15.7 Å². The Balaban J connectivity index is 1.80. The number of carbonyl (C=O) groups is 1. The van der Waals surface area contributed by atoms with Crippen LogP contribution in [0.1, 0.15) is 10.5 Å². The highest BCUT2D eigenvalue weighted by Gasteiger charge is 2.13. The zero-order chi connectivity index (χ0) is 17.8. The van der Waals surface area contributed by atoms with Crippen LogP contribution in [0, 0.1) is 0 Å². The lowest BCUT2D eigenvalue weighted by Gasteiger charge is -2.10. The quantitative estimate of drug-likeness (QED) is 0.620. The molecule has 1 amide bonds. The molecule has 1 heterocycles. The number of para-hydroxylation sites is 1. The molecule has 0 aliphatic carbocycles. The molecule has 126 valence electrons. The van der Waals surface area contributed by atoms with E-state index < -0.39 is 5.91 Å². The van der Waals surface area contributed by atoms with Gasteiger partial charge >= 0.3 is 0 Å². The van der Waals surface area contributed by atoms with E-state index in [0.717, 1.165) is 0 Å². The van der Waals surface area contributed by atoms with Crippen molar-refractivity contribution in [3.63, 3.8) is 0 Å². The molecular weight excluding hydrogens is 383 g/mol. The molecule has 2 N–H and O–H groups in total. The number of nitrogens with zero attached hydrogens (tertiary/aromatic N) is 2. The third-order valence-electron chi connectivity index (χ3n) is 3.17.